The third-order valence-electron chi connectivity index (χ3n) is 5.37. The molecule has 1 saturated heterocycles. The van der Waals surface area contributed by atoms with Crippen LogP contribution < -0.4 is 10.2 Å². The molecule has 0 amide bonds. The Balaban J connectivity index is 1.22. The third kappa shape index (κ3) is 4.10. The van der Waals surface area contributed by atoms with Crippen molar-refractivity contribution in [3.8, 4) is 0 Å². The Morgan fingerprint density at radius 2 is 1.72 bits per heavy atom. The molecule has 148 valence electrons. The second-order valence-electron chi connectivity index (χ2n) is 7.33. The highest BCUT2D eigenvalue weighted by molar-refractivity contribution is 7.99. The van der Waals surface area contributed by atoms with Crippen molar-refractivity contribution in [3.05, 3.63) is 72.4 Å². The minimum Gasteiger partial charge on any atom is -0.354 e. The molecule has 3 heterocycles. The molecule has 1 N–H and O–H groups in total. The normalized spacial score (nSPS) is 17.2. The Morgan fingerprint density at radius 3 is 2.55 bits per heavy atom. The molecule has 1 fully saturated rings. The van der Waals surface area contributed by atoms with Gasteiger partial charge in [0.05, 0.1) is 11.4 Å². The first kappa shape index (κ1) is 18.9. The van der Waals surface area contributed by atoms with Gasteiger partial charge in [-0.05, 0) is 48.9 Å². The van der Waals surface area contributed by atoms with E-state index in [0.717, 1.165) is 32.0 Å². The second kappa shape index (κ2) is 8.30. The smallest absolute Gasteiger partial charge is 0.128 e. The summed E-state index contributed by atoms with van der Waals surface area (Å²) >= 11 is 3.80. The zero-order valence-corrected chi connectivity index (χ0v) is 18.0. The number of para-hydroxylation sites is 1. The highest BCUT2D eigenvalue weighted by Crippen LogP contribution is 2.45. The topological polar surface area (TPSA) is 31.4 Å². The van der Waals surface area contributed by atoms with Crippen LogP contribution in [0.2, 0.25) is 0 Å². The fourth-order valence-electron chi connectivity index (χ4n) is 3.76. The van der Waals surface area contributed by atoms with Gasteiger partial charge < -0.3 is 10.2 Å². The summed E-state index contributed by atoms with van der Waals surface area (Å²) < 4.78 is 2.50. The SMILES string of the molecule is CC(SN1CCN(c2ccccn2)CC1)c1ccc2c(c1)Nc1ccccc1S2. The van der Waals surface area contributed by atoms with E-state index in [1.54, 1.807) is 0 Å². The van der Waals surface area contributed by atoms with E-state index in [2.05, 4.69) is 81.0 Å². The maximum absolute atomic E-state index is 4.48. The molecule has 1 unspecified atom stereocenters. The molecule has 0 saturated carbocycles. The number of fused-ring (bicyclic) bond motifs is 2. The van der Waals surface area contributed by atoms with Crippen molar-refractivity contribution < 1.29 is 0 Å². The van der Waals surface area contributed by atoms with Gasteiger partial charge in [0.25, 0.3) is 0 Å². The van der Waals surface area contributed by atoms with Gasteiger partial charge in [0.15, 0.2) is 0 Å². The van der Waals surface area contributed by atoms with Crippen molar-refractivity contribution in [3.63, 3.8) is 0 Å². The van der Waals surface area contributed by atoms with Crippen LogP contribution in [0.4, 0.5) is 17.2 Å². The molecular formula is C23H24N4S2. The average molecular weight is 421 g/mol. The minimum absolute atomic E-state index is 0.422. The molecule has 0 bridgehead atoms. The number of hydrogen-bond donors (Lipinski definition) is 1. The predicted molar refractivity (Wildman–Crippen MR) is 124 cm³/mol. The number of benzene rings is 2. The molecule has 29 heavy (non-hydrogen) atoms. The molecule has 1 atom stereocenters. The van der Waals surface area contributed by atoms with E-state index in [4.69, 9.17) is 0 Å². The van der Waals surface area contributed by atoms with Crippen molar-refractivity contribution in [1.82, 2.24) is 9.29 Å². The molecule has 2 aliphatic heterocycles. The fourth-order valence-corrected chi connectivity index (χ4v) is 5.82. The minimum atomic E-state index is 0.422. The summed E-state index contributed by atoms with van der Waals surface area (Å²) in [4.78, 5) is 9.45. The number of hydrogen-bond acceptors (Lipinski definition) is 6. The van der Waals surface area contributed by atoms with Crippen LogP contribution in [0.25, 0.3) is 0 Å². The van der Waals surface area contributed by atoms with E-state index in [1.807, 2.05) is 36.0 Å². The van der Waals surface area contributed by atoms with Gasteiger partial charge in [-0.1, -0.05) is 48.0 Å². The molecule has 6 heteroatoms. The second-order valence-corrected chi connectivity index (χ2v) is 9.85. The number of aromatic nitrogens is 1. The first-order chi connectivity index (χ1) is 14.3. The number of piperazine rings is 1. The van der Waals surface area contributed by atoms with Gasteiger partial charge in [-0.15, -0.1) is 0 Å². The lowest BCUT2D eigenvalue weighted by Gasteiger charge is -2.35. The summed E-state index contributed by atoms with van der Waals surface area (Å²) in [5.74, 6) is 1.09. The number of nitrogens with zero attached hydrogens (tertiary/aromatic N) is 3. The largest absolute Gasteiger partial charge is 0.354 e. The van der Waals surface area contributed by atoms with Gasteiger partial charge in [0.1, 0.15) is 5.82 Å². The molecule has 2 aliphatic rings. The van der Waals surface area contributed by atoms with Crippen molar-refractivity contribution >= 4 is 40.9 Å². The molecule has 5 rings (SSSR count). The van der Waals surface area contributed by atoms with Crippen molar-refractivity contribution in [2.24, 2.45) is 0 Å². The van der Waals surface area contributed by atoms with Gasteiger partial charge in [-0.2, -0.15) is 0 Å². The van der Waals surface area contributed by atoms with Crippen LogP contribution >= 0.6 is 23.7 Å². The zero-order chi connectivity index (χ0) is 19.6. The highest BCUT2D eigenvalue weighted by atomic mass is 32.2. The quantitative estimate of drug-likeness (QED) is 0.419. The maximum atomic E-state index is 4.48. The summed E-state index contributed by atoms with van der Waals surface area (Å²) in [5, 5.41) is 4.03. The summed E-state index contributed by atoms with van der Waals surface area (Å²) in [6.07, 6.45) is 1.87. The Labute approximate surface area is 180 Å². The summed E-state index contributed by atoms with van der Waals surface area (Å²) in [6.45, 7) is 6.46. The van der Waals surface area contributed by atoms with Gasteiger partial charge in [0.2, 0.25) is 0 Å². The molecule has 3 aromatic rings. The lowest BCUT2D eigenvalue weighted by Crippen LogP contribution is -2.44. The molecule has 2 aromatic carbocycles. The van der Waals surface area contributed by atoms with Gasteiger partial charge in [-0.3, -0.25) is 0 Å². The standard InChI is InChI=1S/C23H24N4S2/c1-17(29-27-14-12-26(13-15-27)23-8-4-5-11-24-23)18-9-10-22-20(16-18)25-19-6-2-3-7-21(19)28-22/h2-11,16-17,25H,12-15H2,1H3. The van der Waals surface area contributed by atoms with Crippen LogP contribution in [0.1, 0.15) is 17.7 Å². The summed E-state index contributed by atoms with van der Waals surface area (Å²) in [5.41, 5.74) is 3.79. The summed E-state index contributed by atoms with van der Waals surface area (Å²) in [7, 11) is 0. The van der Waals surface area contributed by atoms with E-state index in [-0.39, 0.29) is 0 Å². The van der Waals surface area contributed by atoms with E-state index in [1.165, 1.54) is 26.7 Å². The fraction of sp³-hybridized carbons (Fsp3) is 0.261. The maximum Gasteiger partial charge on any atom is 0.128 e. The Bertz CT molecular complexity index is 987. The molecular weight excluding hydrogens is 396 g/mol. The lowest BCUT2D eigenvalue weighted by molar-refractivity contribution is 0.426. The zero-order valence-electron chi connectivity index (χ0n) is 16.4. The number of nitrogens with one attached hydrogen (secondary N) is 1. The predicted octanol–water partition coefficient (Wildman–Crippen LogP) is 5.82. The van der Waals surface area contributed by atoms with E-state index < -0.39 is 0 Å². The average Bonchev–Trinajstić information content (AvgIpc) is 2.78. The lowest BCUT2D eigenvalue weighted by atomic mass is 10.1. The van der Waals surface area contributed by atoms with Crippen LogP contribution in [0.5, 0.6) is 0 Å². The van der Waals surface area contributed by atoms with Gasteiger partial charge >= 0.3 is 0 Å². The Hall–Kier alpha value is -2.15. The first-order valence-corrected chi connectivity index (χ1v) is 11.7. The van der Waals surface area contributed by atoms with Crippen molar-refractivity contribution in [1.29, 1.82) is 0 Å². The third-order valence-corrected chi connectivity index (χ3v) is 7.77. The van der Waals surface area contributed by atoms with Crippen molar-refractivity contribution in [2.45, 2.75) is 22.0 Å². The van der Waals surface area contributed by atoms with E-state index >= 15 is 0 Å². The monoisotopic (exact) mass is 420 g/mol. The van der Waals surface area contributed by atoms with Gasteiger partial charge in [0, 0.05) is 47.4 Å². The van der Waals surface area contributed by atoms with Crippen molar-refractivity contribution in [2.75, 3.05) is 36.4 Å². The van der Waals surface area contributed by atoms with Crippen LogP contribution in [0.15, 0.2) is 76.7 Å². The first-order valence-electron chi connectivity index (χ1n) is 10.0. The van der Waals surface area contributed by atoms with E-state index in [9.17, 15) is 0 Å². The Kier molecular flexibility index (Phi) is 5.40. The molecule has 0 spiro atoms. The van der Waals surface area contributed by atoms with E-state index in [0.29, 0.717) is 5.25 Å². The molecule has 4 nitrogen and oxygen atoms in total. The number of pyridine rings is 1. The number of rotatable bonds is 4. The highest BCUT2D eigenvalue weighted by Gasteiger charge is 2.22. The molecule has 1 aromatic heterocycles. The summed E-state index contributed by atoms with van der Waals surface area (Å²) in [6, 6.07) is 21.5. The van der Waals surface area contributed by atoms with Gasteiger partial charge in [-0.25, -0.2) is 9.29 Å². The number of anilines is 3. The molecule has 0 aliphatic carbocycles. The Morgan fingerprint density at radius 1 is 0.931 bits per heavy atom. The molecule has 0 radical (unpaired) electrons. The van der Waals surface area contributed by atoms with Crippen LogP contribution in [-0.4, -0.2) is 35.5 Å². The van der Waals surface area contributed by atoms with Crippen LogP contribution in [-0.2, 0) is 0 Å². The van der Waals surface area contributed by atoms with Crippen LogP contribution in [0, 0.1) is 0 Å². The van der Waals surface area contributed by atoms with Crippen LogP contribution in [0.3, 0.4) is 0 Å².